The second-order valence-corrected chi connectivity index (χ2v) is 6.07. The van der Waals surface area contributed by atoms with Gasteiger partial charge in [-0.2, -0.15) is 5.26 Å². The zero-order valence-electron chi connectivity index (χ0n) is 12.7. The number of rotatable bonds is 5. The molecule has 4 heteroatoms. The first kappa shape index (κ1) is 16.1. The summed E-state index contributed by atoms with van der Waals surface area (Å²) in [6.07, 6.45) is 0.887. The number of hydrogen-bond donors (Lipinski definition) is 1. The maximum absolute atomic E-state index is 12.4. The highest BCUT2D eigenvalue weighted by atomic mass is 32.2. The summed E-state index contributed by atoms with van der Waals surface area (Å²) in [6, 6.07) is 17.2. The third-order valence-corrected chi connectivity index (χ3v) is 4.50. The molecule has 0 aromatic heterocycles. The van der Waals surface area contributed by atoms with Crippen LogP contribution in [0.25, 0.3) is 0 Å². The molecule has 0 aliphatic rings. The first-order chi connectivity index (χ1) is 10.7. The van der Waals surface area contributed by atoms with Gasteiger partial charge in [0.25, 0.3) is 5.91 Å². The molecule has 1 atom stereocenters. The Kier molecular flexibility index (Phi) is 5.62. The average Bonchev–Trinajstić information content (AvgIpc) is 2.55. The van der Waals surface area contributed by atoms with Gasteiger partial charge in [0.05, 0.1) is 11.1 Å². The Morgan fingerprint density at radius 2 is 1.82 bits per heavy atom. The second kappa shape index (κ2) is 7.67. The smallest absolute Gasteiger partial charge is 0.252 e. The van der Waals surface area contributed by atoms with Crippen molar-refractivity contribution >= 4 is 17.7 Å². The van der Waals surface area contributed by atoms with Gasteiger partial charge in [0.15, 0.2) is 0 Å². The van der Waals surface area contributed by atoms with Crippen molar-refractivity contribution in [3.63, 3.8) is 0 Å². The van der Waals surface area contributed by atoms with E-state index in [1.165, 1.54) is 11.8 Å². The summed E-state index contributed by atoms with van der Waals surface area (Å²) in [5, 5.41) is 12.2. The molecule has 22 heavy (non-hydrogen) atoms. The molecule has 0 fully saturated rings. The molecule has 0 saturated carbocycles. The number of nitriles is 1. The van der Waals surface area contributed by atoms with Gasteiger partial charge in [-0.3, -0.25) is 4.79 Å². The molecule has 1 unspecified atom stereocenters. The average molecular weight is 310 g/mol. The summed E-state index contributed by atoms with van der Waals surface area (Å²) in [5.74, 6) is -0.0770. The van der Waals surface area contributed by atoms with Gasteiger partial charge in [0, 0.05) is 15.8 Å². The van der Waals surface area contributed by atoms with Crippen LogP contribution in [0.2, 0.25) is 0 Å². The molecule has 2 aromatic carbocycles. The van der Waals surface area contributed by atoms with E-state index in [1.54, 1.807) is 6.07 Å². The van der Waals surface area contributed by atoms with E-state index in [0.29, 0.717) is 11.1 Å². The van der Waals surface area contributed by atoms with E-state index < -0.39 is 0 Å². The van der Waals surface area contributed by atoms with Crippen LogP contribution in [0.4, 0.5) is 0 Å². The number of benzene rings is 2. The lowest BCUT2D eigenvalue weighted by Gasteiger charge is -2.14. The fraction of sp³-hybridized carbons (Fsp3) is 0.222. The fourth-order valence-electron chi connectivity index (χ4n) is 1.91. The van der Waals surface area contributed by atoms with Gasteiger partial charge in [0.2, 0.25) is 0 Å². The zero-order valence-corrected chi connectivity index (χ0v) is 13.5. The van der Waals surface area contributed by atoms with Gasteiger partial charge < -0.3 is 5.32 Å². The van der Waals surface area contributed by atoms with Gasteiger partial charge >= 0.3 is 0 Å². The molecule has 1 amide bonds. The van der Waals surface area contributed by atoms with Crippen molar-refractivity contribution < 1.29 is 4.79 Å². The summed E-state index contributed by atoms with van der Waals surface area (Å²) in [4.78, 5) is 14.1. The Morgan fingerprint density at radius 1 is 1.18 bits per heavy atom. The van der Waals surface area contributed by atoms with E-state index in [-0.39, 0.29) is 11.9 Å². The van der Waals surface area contributed by atoms with Crippen LogP contribution < -0.4 is 5.32 Å². The van der Waals surface area contributed by atoms with E-state index in [1.807, 2.05) is 56.3 Å². The first-order valence-corrected chi connectivity index (χ1v) is 8.04. The Hall–Kier alpha value is -2.25. The Labute approximate surface area is 135 Å². The molecular formula is C18H18N2OS. The van der Waals surface area contributed by atoms with Crippen molar-refractivity contribution in [2.24, 2.45) is 0 Å². The summed E-state index contributed by atoms with van der Waals surface area (Å²) in [6.45, 7) is 4.02. The van der Waals surface area contributed by atoms with Crippen LogP contribution in [0.1, 0.15) is 36.2 Å². The monoisotopic (exact) mass is 310 g/mol. The van der Waals surface area contributed by atoms with Crippen LogP contribution in [0.3, 0.4) is 0 Å². The lowest BCUT2D eigenvalue weighted by atomic mass is 10.2. The Morgan fingerprint density at radius 3 is 2.50 bits per heavy atom. The highest BCUT2D eigenvalue weighted by Crippen LogP contribution is 2.32. The molecule has 2 aromatic rings. The molecular weight excluding hydrogens is 292 g/mol. The summed E-state index contributed by atoms with van der Waals surface area (Å²) >= 11 is 1.45. The standard InChI is InChI=1S/C18H18N2OS/c1-3-13(2)20-18(21)15-9-5-7-11-17(15)22-16-10-6-4-8-14(16)12-19/h4-11,13H,3H2,1-2H3,(H,20,21). The Balaban J connectivity index is 2.29. The molecule has 0 aliphatic carbocycles. The molecule has 0 radical (unpaired) electrons. The molecule has 0 bridgehead atoms. The van der Waals surface area contributed by atoms with Crippen molar-refractivity contribution in [3.05, 3.63) is 59.7 Å². The number of carbonyl (C=O) groups excluding carboxylic acids is 1. The maximum Gasteiger partial charge on any atom is 0.252 e. The maximum atomic E-state index is 12.4. The van der Waals surface area contributed by atoms with E-state index in [4.69, 9.17) is 0 Å². The van der Waals surface area contributed by atoms with Gasteiger partial charge in [-0.15, -0.1) is 0 Å². The van der Waals surface area contributed by atoms with E-state index >= 15 is 0 Å². The minimum absolute atomic E-state index is 0.0770. The molecule has 0 aliphatic heterocycles. The normalized spacial score (nSPS) is 11.5. The van der Waals surface area contributed by atoms with Crippen molar-refractivity contribution in [2.45, 2.75) is 36.1 Å². The number of nitrogens with zero attached hydrogens (tertiary/aromatic N) is 1. The van der Waals surface area contributed by atoms with Crippen LogP contribution in [-0.2, 0) is 0 Å². The number of nitrogens with one attached hydrogen (secondary N) is 1. The van der Waals surface area contributed by atoms with Crippen molar-refractivity contribution in [1.29, 1.82) is 5.26 Å². The number of amides is 1. The van der Waals surface area contributed by atoms with Crippen molar-refractivity contribution in [1.82, 2.24) is 5.32 Å². The van der Waals surface area contributed by atoms with Crippen molar-refractivity contribution in [3.8, 4) is 6.07 Å². The quantitative estimate of drug-likeness (QED) is 0.898. The van der Waals surface area contributed by atoms with E-state index in [2.05, 4.69) is 11.4 Å². The molecule has 0 spiro atoms. The SMILES string of the molecule is CCC(C)NC(=O)c1ccccc1Sc1ccccc1C#N. The van der Waals surface area contributed by atoms with Gasteiger partial charge in [0.1, 0.15) is 6.07 Å². The topological polar surface area (TPSA) is 52.9 Å². The lowest BCUT2D eigenvalue weighted by Crippen LogP contribution is -2.32. The predicted molar refractivity (Wildman–Crippen MR) is 88.9 cm³/mol. The minimum atomic E-state index is -0.0770. The molecule has 1 N–H and O–H groups in total. The van der Waals surface area contributed by atoms with Crippen molar-refractivity contribution in [2.75, 3.05) is 0 Å². The van der Waals surface area contributed by atoms with E-state index in [0.717, 1.165) is 16.2 Å². The first-order valence-electron chi connectivity index (χ1n) is 7.22. The molecule has 0 saturated heterocycles. The zero-order chi connectivity index (χ0) is 15.9. The minimum Gasteiger partial charge on any atom is -0.350 e. The van der Waals surface area contributed by atoms with Gasteiger partial charge in [-0.05, 0) is 37.6 Å². The van der Waals surface area contributed by atoms with Crippen LogP contribution in [0, 0.1) is 11.3 Å². The summed E-state index contributed by atoms with van der Waals surface area (Å²) in [7, 11) is 0. The highest BCUT2D eigenvalue weighted by molar-refractivity contribution is 7.99. The van der Waals surface area contributed by atoms with Gasteiger partial charge in [-0.1, -0.05) is 43.0 Å². The lowest BCUT2D eigenvalue weighted by molar-refractivity contribution is 0.0936. The van der Waals surface area contributed by atoms with Crippen LogP contribution in [-0.4, -0.2) is 11.9 Å². The highest BCUT2D eigenvalue weighted by Gasteiger charge is 2.14. The number of carbonyl (C=O) groups is 1. The largest absolute Gasteiger partial charge is 0.350 e. The Bertz CT molecular complexity index is 706. The predicted octanol–water partition coefficient (Wildman–Crippen LogP) is 4.24. The van der Waals surface area contributed by atoms with Gasteiger partial charge in [-0.25, -0.2) is 0 Å². The third kappa shape index (κ3) is 3.90. The fourth-order valence-corrected chi connectivity index (χ4v) is 2.94. The van der Waals surface area contributed by atoms with E-state index in [9.17, 15) is 10.1 Å². The summed E-state index contributed by atoms with van der Waals surface area (Å²) in [5.41, 5.74) is 1.25. The second-order valence-electron chi connectivity index (χ2n) is 4.99. The number of hydrogen-bond acceptors (Lipinski definition) is 3. The van der Waals surface area contributed by atoms with Crippen LogP contribution in [0.5, 0.6) is 0 Å². The molecule has 112 valence electrons. The van der Waals surface area contributed by atoms with Crippen LogP contribution >= 0.6 is 11.8 Å². The molecule has 2 rings (SSSR count). The summed E-state index contributed by atoms with van der Waals surface area (Å²) < 4.78 is 0. The van der Waals surface area contributed by atoms with Crippen LogP contribution in [0.15, 0.2) is 58.3 Å². The third-order valence-electron chi connectivity index (χ3n) is 3.35. The molecule has 0 heterocycles. The molecule has 3 nitrogen and oxygen atoms in total.